The molecule has 0 unspecified atom stereocenters. The van der Waals surface area contributed by atoms with E-state index < -0.39 is 43.3 Å². The van der Waals surface area contributed by atoms with Gasteiger partial charge in [0.2, 0.25) is 0 Å². The summed E-state index contributed by atoms with van der Waals surface area (Å²) in [6, 6.07) is 0. The minimum atomic E-state index is -0.758. The lowest BCUT2D eigenvalue weighted by atomic mass is 9.83. The molecule has 4 atom stereocenters. The van der Waals surface area contributed by atoms with Gasteiger partial charge < -0.3 is 24.8 Å². The van der Waals surface area contributed by atoms with E-state index >= 15 is 0 Å². The number of esters is 2. The molecule has 0 saturated carbocycles. The Kier molecular flexibility index (Phi) is 7.74. The lowest BCUT2D eigenvalue weighted by Crippen LogP contribution is -2.34. The highest BCUT2D eigenvalue weighted by Crippen LogP contribution is 2.37. The van der Waals surface area contributed by atoms with Crippen molar-refractivity contribution in [1.82, 2.24) is 0 Å². The van der Waals surface area contributed by atoms with E-state index in [0.29, 0.717) is 12.8 Å². The van der Waals surface area contributed by atoms with E-state index in [9.17, 15) is 19.8 Å². The first-order valence-corrected chi connectivity index (χ1v) is 9.28. The monoisotopic (exact) mass is 392 g/mol. The normalized spacial score (nSPS) is 32.5. The molecule has 2 rings (SSSR count). The van der Waals surface area contributed by atoms with Gasteiger partial charge >= 0.3 is 11.9 Å². The lowest BCUT2D eigenvalue weighted by Gasteiger charge is -2.28. The Bertz CT molecular complexity index is 716. The molecule has 1 aliphatic carbocycles. The van der Waals surface area contributed by atoms with Crippen LogP contribution in [0.25, 0.3) is 0 Å². The number of carbonyl (C=O) groups is 2. The van der Waals surface area contributed by atoms with Gasteiger partial charge in [0.25, 0.3) is 0 Å². The number of allylic oxidation sites excluding steroid dienone is 1. The van der Waals surface area contributed by atoms with Crippen LogP contribution >= 0.6 is 0 Å². The van der Waals surface area contributed by atoms with Gasteiger partial charge in [0.15, 0.2) is 0 Å². The second kappa shape index (κ2) is 9.82. The Morgan fingerprint density at radius 3 is 2.68 bits per heavy atom. The SMILES string of the molecule is C=C1C(=O)O[C@H]2/C=C(/C)[C@H](CO)C/C=C(\C)C[C@@H](OC(=O)/C(=C/CO)CO)[C@@H]12. The molecular formula is C21H28O7. The topological polar surface area (TPSA) is 113 Å². The van der Waals surface area contributed by atoms with Crippen LogP contribution in [0.2, 0.25) is 0 Å². The second-order valence-electron chi connectivity index (χ2n) is 7.22. The molecule has 0 aromatic heterocycles. The maximum absolute atomic E-state index is 12.4. The largest absolute Gasteiger partial charge is 0.458 e. The van der Waals surface area contributed by atoms with Crippen molar-refractivity contribution in [3.05, 3.63) is 47.1 Å². The summed E-state index contributed by atoms with van der Waals surface area (Å²) in [5, 5.41) is 28.0. The fraction of sp³-hybridized carbons (Fsp3) is 0.524. The average Bonchev–Trinajstić information content (AvgIpc) is 2.92. The molecule has 154 valence electrons. The third-order valence-corrected chi connectivity index (χ3v) is 5.26. The number of fused-ring (bicyclic) bond motifs is 1. The quantitative estimate of drug-likeness (QED) is 0.366. The van der Waals surface area contributed by atoms with Crippen LogP contribution in [0.1, 0.15) is 26.7 Å². The van der Waals surface area contributed by atoms with Gasteiger partial charge in [0.1, 0.15) is 12.2 Å². The molecule has 0 bridgehead atoms. The summed E-state index contributed by atoms with van der Waals surface area (Å²) in [5.74, 6) is -1.97. The van der Waals surface area contributed by atoms with Gasteiger partial charge in [-0.15, -0.1) is 0 Å². The lowest BCUT2D eigenvalue weighted by molar-refractivity contribution is -0.147. The van der Waals surface area contributed by atoms with Crippen LogP contribution in [0.15, 0.2) is 47.1 Å². The van der Waals surface area contributed by atoms with Crippen molar-refractivity contribution in [3.63, 3.8) is 0 Å². The fourth-order valence-corrected chi connectivity index (χ4v) is 3.50. The predicted molar refractivity (Wildman–Crippen MR) is 102 cm³/mol. The molecule has 0 radical (unpaired) electrons. The highest BCUT2D eigenvalue weighted by Gasteiger charge is 2.44. The van der Waals surface area contributed by atoms with Crippen molar-refractivity contribution < 1.29 is 34.4 Å². The Balaban J connectivity index is 2.41. The van der Waals surface area contributed by atoms with Gasteiger partial charge in [0, 0.05) is 24.5 Å². The van der Waals surface area contributed by atoms with Crippen LogP contribution in [-0.2, 0) is 19.1 Å². The Morgan fingerprint density at radius 1 is 1.36 bits per heavy atom. The van der Waals surface area contributed by atoms with Gasteiger partial charge in [-0.1, -0.05) is 23.8 Å². The summed E-state index contributed by atoms with van der Waals surface area (Å²) in [5.41, 5.74) is 1.99. The van der Waals surface area contributed by atoms with Crippen molar-refractivity contribution in [3.8, 4) is 0 Å². The molecule has 0 spiro atoms. The van der Waals surface area contributed by atoms with Crippen molar-refractivity contribution in [1.29, 1.82) is 0 Å². The van der Waals surface area contributed by atoms with Crippen LogP contribution in [0.3, 0.4) is 0 Å². The zero-order chi connectivity index (χ0) is 20.8. The van der Waals surface area contributed by atoms with E-state index in [1.165, 1.54) is 6.08 Å². The highest BCUT2D eigenvalue weighted by molar-refractivity contribution is 5.92. The summed E-state index contributed by atoms with van der Waals surface area (Å²) in [6.45, 7) is 6.59. The maximum Gasteiger partial charge on any atom is 0.336 e. The molecular weight excluding hydrogens is 364 g/mol. The predicted octanol–water partition coefficient (Wildman–Crippen LogP) is 1.20. The van der Waals surface area contributed by atoms with Gasteiger partial charge in [-0.2, -0.15) is 0 Å². The van der Waals surface area contributed by atoms with Crippen molar-refractivity contribution in [2.45, 2.75) is 38.9 Å². The molecule has 0 aromatic carbocycles. The number of hydrogen-bond donors (Lipinski definition) is 3. The molecule has 0 amide bonds. The van der Waals surface area contributed by atoms with Gasteiger partial charge in [-0.25, -0.2) is 9.59 Å². The average molecular weight is 392 g/mol. The van der Waals surface area contributed by atoms with Crippen molar-refractivity contribution >= 4 is 11.9 Å². The molecule has 0 aromatic rings. The molecule has 7 nitrogen and oxygen atoms in total. The first kappa shape index (κ1) is 22.1. The summed E-state index contributed by atoms with van der Waals surface area (Å²) < 4.78 is 11.1. The number of hydrogen-bond acceptors (Lipinski definition) is 7. The van der Waals surface area contributed by atoms with Gasteiger partial charge in [-0.05, 0) is 32.4 Å². The number of ether oxygens (including phenoxy) is 2. The summed E-state index contributed by atoms with van der Waals surface area (Å²) in [6.07, 6.45) is 4.54. The minimum Gasteiger partial charge on any atom is -0.458 e. The van der Waals surface area contributed by atoms with Crippen molar-refractivity contribution in [2.75, 3.05) is 19.8 Å². The third-order valence-electron chi connectivity index (χ3n) is 5.26. The first-order valence-electron chi connectivity index (χ1n) is 9.28. The zero-order valence-corrected chi connectivity index (χ0v) is 16.3. The van der Waals surface area contributed by atoms with E-state index in [2.05, 4.69) is 6.58 Å². The second-order valence-corrected chi connectivity index (χ2v) is 7.22. The molecule has 1 aliphatic heterocycles. The van der Waals surface area contributed by atoms with Crippen molar-refractivity contribution in [2.24, 2.45) is 11.8 Å². The van der Waals surface area contributed by atoms with E-state index in [-0.39, 0.29) is 23.7 Å². The summed E-state index contributed by atoms with van der Waals surface area (Å²) >= 11 is 0. The Morgan fingerprint density at radius 2 is 2.07 bits per heavy atom. The number of rotatable bonds is 5. The molecule has 2 aliphatic rings. The molecule has 7 heteroatoms. The van der Waals surface area contributed by atoms with Crippen LogP contribution in [0, 0.1) is 11.8 Å². The molecule has 1 fully saturated rings. The van der Waals surface area contributed by atoms with E-state index in [1.807, 2.05) is 19.9 Å². The maximum atomic E-state index is 12.4. The van der Waals surface area contributed by atoms with E-state index in [1.54, 1.807) is 6.08 Å². The smallest absolute Gasteiger partial charge is 0.336 e. The summed E-state index contributed by atoms with van der Waals surface area (Å²) in [4.78, 5) is 24.6. The van der Waals surface area contributed by atoms with Crippen LogP contribution in [0.4, 0.5) is 0 Å². The zero-order valence-electron chi connectivity index (χ0n) is 16.3. The number of aliphatic hydroxyl groups is 3. The number of aliphatic hydroxyl groups excluding tert-OH is 3. The molecule has 3 N–H and O–H groups in total. The number of carbonyl (C=O) groups excluding carboxylic acids is 2. The first-order chi connectivity index (χ1) is 13.3. The van der Waals surface area contributed by atoms with Crippen LogP contribution < -0.4 is 0 Å². The van der Waals surface area contributed by atoms with Crippen LogP contribution in [-0.4, -0.2) is 59.3 Å². The summed E-state index contributed by atoms with van der Waals surface area (Å²) in [7, 11) is 0. The standard InChI is InChI=1S/C21H28O7/c1-12-4-5-15(10-23)13(2)9-18-19(14(3)20(25)27-18)17(8-12)28-21(26)16(11-24)6-7-22/h4,6,9,15,17-19,22-24H,3,5,7-8,10-11H2,1-2H3/b12-4+,13-9-,16-6+/t15-,17+,18-,19+/m0/s1. The Hall–Kier alpha value is -2.22. The molecule has 1 saturated heterocycles. The molecule has 1 heterocycles. The van der Waals surface area contributed by atoms with Gasteiger partial charge in [0.05, 0.1) is 24.7 Å². The minimum absolute atomic E-state index is 0.0252. The fourth-order valence-electron chi connectivity index (χ4n) is 3.50. The Labute approximate surface area is 164 Å². The molecule has 28 heavy (non-hydrogen) atoms. The highest BCUT2D eigenvalue weighted by atomic mass is 16.6. The van der Waals surface area contributed by atoms with Crippen LogP contribution in [0.5, 0.6) is 0 Å². The third kappa shape index (κ3) is 4.98. The van der Waals surface area contributed by atoms with E-state index in [4.69, 9.17) is 14.6 Å². The van der Waals surface area contributed by atoms with E-state index in [0.717, 1.165) is 11.1 Å². The van der Waals surface area contributed by atoms with Gasteiger partial charge in [-0.3, -0.25) is 0 Å².